The van der Waals surface area contributed by atoms with E-state index in [0.717, 1.165) is 51.4 Å². The Labute approximate surface area is 201 Å². The van der Waals surface area contributed by atoms with Crippen LogP contribution in [0, 0.1) is 50.2 Å². The summed E-state index contributed by atoms with van der Waals surface area (Å²) in [5.74, 6) is 0.469. The van der Waals surface area contributed by atoms with E-state index in [-0.39, 0.29) is 39.1 Å². The zero-order valence-corrected chi connectivity index (χ0v) is 22.2. The molecule has 0 unspecified atom stereocenters. The van der Waals surface area contributed by atoms with Crippen molar-refractivity contribution in [3.63, 3.8) is 0 Å². The Kier molecular flexibility index (Phi) is 4.99. The van der Waals surface area contributed by atoms with Crippen molar-refractivity contribution in [2.75, 3.05) is 0 Å². The molecule has 0 aromatic heterocycles. The summed E-state index contributed by atoms with van der Waals surface area (Å²) in [6.07, 6.45) is 12.3. The van der Waals surface area contributed by atoms with Crippen LogP contribution in [0.1, 0.15) is 113 Å². The minimum Gasteiger partial charge on any atom is -0.550 e. The maximum atomic E-state index is 12.6. The highest BCUT2D eigenvalue weighted by Gasteiger charge is 2.68. The second-order valence-corrected chi connectivity index (χ2v) is 15.0. The maximum absolute atomic E-state index is 12.6. The number of aliphatic hydroxyl groups is 1. The summed E-state index contributed by atoms with van der Waals surface area (Å²) in [6.45, 7) is 16.8. The Morgan fingerprint density at radius 1 is 0.909 bits per heavy atom. The topological polar surface area (TPSA) is 60.4 Å². The fourth-order valence-electron chi connectivity index (χ4n) is 10.6. The van der Waals surface area contributed by atoms with Crippen molar-refractivity contribution in [2.24, 2.45) is 50.2 Å². The number of carboxylic acid groups (broad SMARTS) is 1. The van der Waals surface area contributed by atoms with E-state index < -0.39 is 11.4 Å². The number of aliphatic carboxylic acids is 1. The fraction of sp³-hybridized carbons (Fsp3) is 0.900. The molecule has 0 radical (unpaired) electrons. The number of hydrogen-bond donors (Lipinski definition) is 1. The molecule has 0 aromatic rings. The first kappa shape index (κ1) is 23.9. The molecule has 0 heterocycles. The van der Waals surface area contributed by atoms with Gasteiger partial charge in [0.25, 0.3) is 0 Å². The van der Waals surface area contributed by atoms with Gasteiger partial charge in [-0.3, -0.25) is 0 Å². The smallest absolute Gasteiger partial charge is 0.0594 e. The fourth-order valence-corrected chi connectivity index (χ4v) is 10.6. The molecule has 33 heavy (non-hydrogen) atoms. The van der Waals surface area contributed by atoms with Gasteiger partial charge in [0.05, 0.1) is 6.10 Å². The third-order valence-corrected chi connectivity index (χ3v) is 13.0. The Balaban J connectivity index is 1.60. The molecule has 0 aliphatic heterocycles. The number of rotatable bonds is 1. The number of hydrogen-bond acceptors (Lipinski definition) is 3. The normalized spacial score (nSPS) is 52.4. The maximum Gasteiger partial charge on any atom is 0.0594 e. The van der Waals surface area contributed by atoms with E-state index in [0.29, 0.717) is 11.8 Å². The van der Waals surface area contributed by atoms with Gasteiger partial charge in [-0.2, -0.15) is 0 Å². The third-order valence-electron chi connectivity index (χ3n) is 13.0. The van der Waals surface area contributed by atoms with Crippen LogP contribution in [0.15, 0.2) is 11.6 Å². The first-order valence-electron chi connectivity index (χ1n) is 13.7. The van der Waals surface area contributed by atoms with Gasteiger partial charge in [-0.25, -0.2) is 0 Å². The summed E-state index contributed by atoms with van der Waals surface area (Å²) >= 11 is 0. The van der Waals surface area contributed by atoms with E-state index in [2.05, 4.69) is 54.5 Å². The lowest BCUT2D eigenvalue weighted by Crippen LogP contribution is -2.65. The van der Waals surface area contributed by atoms with Gasteiger partial charge < -0.3 is 15.0 Å². The summed E-state index contributed by atoms with van der Waals surface area (Å²) < 4.78 is 0. The van der Waals surface area contributed by atoms with Crippen molar-refractivity contribution in [2.45, 2.75) is 119 Å². The first-order valence-corrected chi connectivity index (χ1v) is 13.7. The summed E-state index contributed by atoms with van der Waals surface area (Å²) in [4.78, 5) is 12.6. The Morgan fingerprint density at radius 2 is 1.58 bits per heavy atom. The molecule has 3 heteroatoms. The van der Waals surface area contributed by atoms with Crippen LogP contribution >= 0.6 is 0 Å². The zero-order chi connectivity index (χ0) is 24.2. The van der Waals surface area contributed by atoms with Crippen LogP contribution in [-0.2, 0) is 4.79 Å². The van der Waals surface area contributed by atoms with Crippen LogP contribution in [0.5, 0.6) is 0 Å². The summed E-state index contributed by atoms with van der Waals surface area (Å²) in [7, 11) is 0. The second-order valence-electron chi connectivity index (χ2n) is 15.0. The summed E-state index contributed by atoms with van der Waals surface area (Å²) in [5, 5.41) is 23.5. The van der Waals surface area contributed by atoms with Gasteiger partial charge >= 0.3 is 0 Å². The van der Waals surface area contributed by atoms with Gasteiger partial charge in [0.15, 0.2) is 0 Å². The number of carbonyl (C=O) groups is 1. The molecule has 0 spiro atoms. The lowest BCUT2D eigenvalue weighted by Gasteiger charge is -2.71. The molecule has 4 fully saturated rings. The van der Waals surface area contributed by atoms with Gasteiger partial charge in [0, 0.05) is 11.4 Å². The first-order chi connectivity index (χ1) is 15.1. The standard InChI is InChI=1S/C30H48O3/c1-25(2)14-16-30(24(32)33)17-15-28(6)19(20(30)18-25)8-9-22-27(5)12-11-23(31)26(3,4)21(27)10-13-29(22,28)7/h8,20-23,31H,9-18H2,1-7H3,(H,32,33)/p-1/t20-,21+,22+,23+,27-,28+,29+,30-/m0/s1. The van der Waals surface area contributed by atoms with Gasteiger partial charge in [-0.1, -0.05) is 60.1 Å². The lowest BCUT2D eigenvalue weighted by atomic mass is 9.33. The van der Waals surface area contributed by atoms with Crippen LogP contribution < -0.4 is 5.11 Å². The molecule has 5 aliphatic rings. The molecule has 8 atom stereocenters. The minimum atomic E-state index is -0.795. The van der Waals surface area contributed by atoms with Crippen LogP contribution in [-0.4, -0.2) is 17.2 Å². The van der Waals surface area contributed by atoms with E-state index in [1.165, 1.54) is 18.4 Å². The van der Waals surface area contributed by atoms with Crippen molar-refractivity contribution in [1.29, 1.82) is 0 Å². The van der Waals surface area contributed by atoms with Crippen molar-refractivity contribution < 1.29 is 15.0 Å². The van der Waals surface area contributed by atoms with E-state index in [1.54, 1.807) is 0 Å². The van der Waals surface area contributed by atoms with Gasteiger partial charge in [0.1, 0.15) is 0 Å². The molecule has 4 saturated carbocycles. The van der Waals surface area contributed by atoms with Crippen molar-refractivity contribution >= 4 is 5.97 Å². The third kappa shape index (κ3) is 2.87. The molecule has 0 amide bonds. The van der Waals surface area contributed by atoms with Gasteiger partial charge in [-0.05, 0) is 109 Å². The van der Waals surface area contributed by atoms with Gasteiger partial charge in [0.2, 0.25) is 0 Å². The van der Waals surface area contributed by atoms with Crippen molar-refractivity contribution in [3.8, 4) is 0 Å². The van der Waals surface area contributed by atoms with Crippen LogP contribution in [0.4, 0.5) is 0 Å². The largest absolute Gasteiger partial charge is 0.550 e. The molecule has 0 bridgehead atoms. The quantitative estimate of drug-likeness (QED) is 0.501. The average Bonchev–Trinajstić information content (AvgIpc) is 2.71. The van der Waals surface area contributed by atoms with Crippen LogP contribution in [0.25, 0.3) is 0 Å². The predicted molar refractivity (Wildman–Crippen MR) is 130 cm³/mol. The molecule has 5 rings (SSSR count). The molecule has 186 valence electrons. The summed E-state index contributed by atoms with van der Waals surface area (Å²) in [5.41, 5.74) is 1.43. The lowest BCUT2D eigenvalue weighted by molar-refractivity contribution is -0.327. The molecule has 5 aliphatic carbocycles. The summed E-state index contributed by atoms with van der Waals surface area (Å²) in [6, 6.07) is 0. The highest BCUT2D eigenvalue weighted by atomic mass is 16.4. The SMILES string of the molecule is CC1(C)CC[C@]2(C(=O)[O-])CC[C@]3(C)C(=CC[C@@H]4[C@@]5(C)CC[C@@H](O)C(C)(C)[C@H]5CC[C@]43C)[C@@H]2C1. The molecule has 0 aromatic carbocycles. The van der Waals surface area contributed by atoms with Crippen LogP contribution in [0.3, 0.4) is 0 Å². The monoisotopic (exact) mass is 455 g/mol. The minimum absolute atomic E-state index is 0.0384. The average molecular weight is 456 g/mol. The van der Waals surface area contributed by atoms with E-state index in [4.69, 9.17) is 0 Å². The zero-order valence-electron chi connectivity index (χ0n) is 22.2. The highest BCUT2D eigenvalue weighted by Crippen LogP contribution is 2.75. The molecule has 1 N–H and O–H groups in total. The van der Waals surface area contributed by atoms with E-state index in [9.17, 15) is 15.0 Å². The Morgan fingerprint density at radius 3 is 2.24 bits per heavy atom. The van der Waals surface area contributed by atoms with Crippen molar-refractivity contribution in [3.05, 3.63) is 11.6 Å². The number of allylic oxidation sites excluding steroid dienone is 2. The van der Waals surface area contributed by atoms with Crippen LogP contribution in [0.2, 0.25) is 0 Å². The highest BCUT2D eigenvalue weighted by molar-refractivity contribution is 5.74. The predicted octanol–water partition coefficient (Wildman–Crippen LogP) is 5.90. The number of carbonyl (C=O) groups excluding carboxylic acids is 1. The number of fused-ring (bicyclic) bond motifs is 7. The number of aliphatic hydroxyl groups excluding tert-OH is 1. The molecular formula is C30H47O3-. The van der Waals surface area contributed by atoms with Crippen molar-refractivity contribution in [1.82, 2.24) is 0 Å². The Hall–Kier alpha value is -0.830. The Bertz CT molecular complexity index is 885. The molecular weight excluding hydrogens is 408 g/mol. The van der Waals surface area contributed by atoms with E-state index in [1.807, 2.05) is 0 Å². The molecule has 0 saturated heterocycles. The number of carboxylic acids is 1. The van der Waals surface area contributed by atoms with E-state index >= 15 is 0 Å². The molecule has 3 nitrogen and oxygen atoms in total. The van der Waals surface area contributed by atoms with Gasteiger partial charge in [-0.15, -0.1) is 0 Å². The second kappa shape index (κ2) is 6.89.